The maximum atomic E-state index is 12.6. The molecule has 0 unspecified atom stereocenters. The molecule has 2 aromatic rings. The highest BCUT2D eigenvalue weighted by atomic mass is 32.2. The summed E-state index contributed by atoms with van der Waals surface area (Å²) >= 11 is 0. The van der Waals surface area contributed by atoms with Gasteiger partial charge in [-0.15, -0.1) is 0 Å². The van der Waals surface area contributed by atoms with Gasteiger partial charge < -0.3 is 10.1 Å². The number of hydrogen-bond acceptors (Lipinski definition) is 4. The van der Waals surface area contributed by atoms with Gasteiger partial charge in [-0.25, -0.2) is 8.42 Å². The minimum absolute atomic E-state index is 0.0410. The second-order valence-corrected chi connectivity index (χ2v) is 7.10. The number of sulfonamides is 1. The molecule has 2 N–H and O–H groups in total. The van der Waals surface area contributed by atoms with Crippen molar-refractivity contribution in [2.45, 2.75) is 31.6 Å². The van der Waals surface area contributed by atoms with Crippen molar-refractivity contribution in [1.82, 2.24) is 0 Å². The van der Waals surface area contributed by atoms with Gasteiger partial charge in [-0.05, 0) is 42.3 Å². The minimum atomic E-state index is -3.78. The molecule has 7 heteroatoms. The fourth-order valence-electron chi connectivity index (χ4n) is 2.21. The fourth-order valence-corrected chi connectivity index (χ4v) is 3.30. The van der Waals surface area contributed by atoms with Crippen LogP contribution in [0.5, 0.6) is 5.75 Å². The molecule has 0 bridgehead atoms. The van der Waals surface area contributed by atoms with Crippen molar-refractivity contribution in [1.29, 1.82) is 0 Å². The number of hydrogen-bond donors (Lipinski definition) is 2. The first kappa shape index (κ1) is 18.8. The molecule has 0 aromatic heterocycles. The lowest BCUT2D eigenvalue weighted by molar-refractivity contribution is -0.115. The third-order valence-electron chi connectivity index (χ3n) is 3.69. The lowest BCUT2D eigenvalue weighted by Gasteiger charge is -2.13. The van der Waals surface area contributed by atoms with E-state index >= 15 is 0 Å². The molecule has 6 nitrogen and oxygen atoms in total. The Bertz CT molecular complexity index is 846. The van der Waals surface area contributed by atoms with Crippen molar-refractivity contribution in [3.63, 3.8) is 0 Å². The molecule has 134 valence electrons. The van der Waals surface area contributed by atoms with Crippen LogP contribution in [0.15, 0.2) is 47.4 Å². The number of nitrogens with one attached hydrogen (secondary N) is 2. The molecule has 0 aliphatic heterocycles. The van der Waals surface area contributed by atoms with E-state index < -0.39 is 10.0 Å². The summed E-state index contributed by atoms with van der Waals surface area (Å²) in [5.41, 5.74) is 1.92. The Hall–Kier alpha value is -2.54. The fraction of sp³-hybridized carbons (Fsp3) is 0.278. The Morgan fingerprint density at radius 3 is 2.32 bits per heavy atom. The van der Waals surface area contributed by atoms with Crippen LogP contribution in [0.4, 0.5) is 11.4 Å². The summed E-state index contributed by atoms with van der Waals surface area (Å²) in [4.78, 5) is 11.7. The molecule has 2 aromatic carbocycles. The van der Waals surface area contributed by atoms with Crippen LogP contribution in [0.1, 0.15) is 25.8 Å². The average Bonchev–Trinajstić information content (AvgIpc) is 2.61. The minimum Gasteiger partial charge on any atom is -0.495 e. The van der Waals surface area contributed by atoms with E-state index in [4.69, 9.17) is 4.74 Å². The number of methoxy groups -OCH3 is 1. The summed E-state index contributed by atoms with van der Waals surface area (Å²) in [7, 11) is -2.32. The number of carbonyl (C=O) groups is 1. The van der Waals surface area contributed by atoms with Gasteiger partial charge in [0.15, 0.2) is 0 Å². The largest absolute Gasteiger partial charge is 0.495 e. The molecular weight excluding hydrogens is 340 g/mol. The van der Waals surface area contributed by atoms with Gasteiger partial charge in [0.1, 0.15) is 5.75 Å². The zero-order valence-electron chi connectivity index (χ0n) is 14.5. The lowest BCUT2D eigenvalue weighted by atomic mass is 10.2. The first-order valence-electron chi connectivity index (χ1n) is 7.99. The maximum absolute atomic E-state index is 12.6. The topological polar surface area (TPSA) is 84.5 Å². The van der Waals surface area contributed by atoms with E-state index in [0.29, 0.717) is 17.1 Å². The number of aryl methyl sites for hydroxylation is 1. The summed E-state index contributed by atoms with van der Waals surface area (Å²) in [6, 6.07) is 11.5. The van der Waals surface area contributed by atoms with E-state index in [9.17, 15) is 13.2 Å². The molecule has 0 aliphatic rings. The van der Waals surface area contributed by atoms with Gasteiger partial charge in [-0.2, -0.15) is 0 Å². The third-order valence-corrected chi connectivity index (χ3v) is 5.07. The Balaban J connectivity index is 2.31. The van der Waals surface area contributed by atoms with Crippen molar-refractivity contribution in [2.24, 2.45) is 0 Å². The number of benzene rings is 2. The molecule has 0 heterocycles. The van der Waals surface area contributed by atoms with Crippen LogP contribution >= 0.6 is 0 Å². The van der Waals surface area contributed by atoms with E-state index in [2.05, 4.69) is 10.0 Å². The van der Waals surface area contributed by atoms with Gasteiger partial charge in [0.2, 0.25) is 5.91 Å². The monoisotopic (exact) mass is 362 g/mol. The highest BCUT2D eigenvalue weighted by molar-refractivity contribution is 7.92. The van der Waals surface area contributed by atoms with Gasteiger partial charge in [0.05, 0.1) is 17.7 Å². The molecule has 0 aliphatic carbocycles. The molecule has 0 fully saturated rings. The van der Waals surface area contributed by atoms with Crippen LogP contribution in [0.25, 0.3) is 0 Å². The standard InChI is InChI=1S/C18H22N2O4S/c1-4-13-6-8-14(9-7-13)20-25(22,23)15-10-11-17(24-3)16(12-15)19-18(21)5-2/h6-12,20H,4-5H2,1-3H3,(H,19,21). The summed E-state index contributed by atoms with van der Waals surface area (Å²) in [5.74, 6) is 0.170. The quantitative estimate of drug-likeness (QED) is 0.790. The van der Waals surface area contributed by atoms with Crippen LogP contribution in [0.3, 0.4) is 0 Å². The van der Waals surface area contributed by atoms with Crippen molar-refractivity contribution in [2.75, 3.05) is 17.1 Å². The summed E-state index contributed by atoms with van der Waals surface area (Å²) in [6.45, 7) is 3.74. The van der Waals surface area contributed by atoms with Crippen molar-refractivity contribution in [3.8, 4) is 5.75 Å². The average molecular weight is 362 g/mol. The molecule has 0 radical (unpaired) electrons. The number of anilines is 2. The zero-order chi connectivity index (χ0) is 18.4. The molecule has 0 atom stereocenters. The second-order valence-electron chi connectivity index (χ2n) is 5.42. The molecular formula is C18H22N2O4S. The molecule has 0 saturated carbocycles. The van der Waals surface area contributed by atoms with Gasteiger partial charge in [-0.1, -0.05) is 26.0 Å². The zero-order valence-corrected chi connectivity index (χ0v) is 15.3. The number of carbonyl (C=O) groups excluding carboxylic acids is 1. The van der Waals surface area contributed by atoms with Gasteiger partial charge in [0, 0.05) is 12.1 Å². The van der Waals surface area contributed by atoms with Crippen molar-refractivity contribution in [3.05, 3.63) is 48.0 Å². The lowest BCUT2D eigenvalue weighted by Crippen LogP contribution is -2.15. The molecule has 1 amide bonds. The number of amides is 1. The van der Waals surface area contributed by atoms with Crippen molar-refractivity contribution >= 4 is 27.3 Å². The van der Waals surface area contributed by atoms with E-state index in [1.807, 2.05) is 19.1 Å². The van der Waals surface area contributed by atoms with Crippen molar-refractivity contribution < 1.29 is 17.9 Å². The molecule has 25 heavy (non-hydrogen) atoms. The van der Waals surface area contributed by atoms with Crippen LogP contribution in [0, 0.1) is 0 Å². The predicted molar refractivity (Wildman–Crippen MR) is 98.5 cm³/mol. The van der Waals surface area contributed by atoms with Crippen LogP contribution in [-0.4, -0.2) is 21.4 Å². The Labute approximate surface area is 148 Å². The second kappa shape index (κ2) is 8.02. The number of ether oxygens (including phenoxy) is 1. The van der Waals surface area contributed by atoms with E-state index in [-0.39, 0.29) is 17.2 Å². The Morgan fingerprint density at radius 1 is 1.08 bits per heavy atom. The smallest absolute Gasteiger partial charge is 0.261 e. The maximum Gasteiger partial charge on any atom is 0.261 e. The first-order chi connectivity index (χ1) is 11.9. The first-order valence-corrected chi connectivity index (χ1v) is 9.47. The van der Waals surface area contributed by atoms with E-state index in [0.717, 1.165) is 12.0 Å². The van der Waals surface area contributed by atoms with Gasteiger partial charge in [0.25, 0.3) is 10.0 Å². The Kier molecular flexibility index (Phi) is 6.03. The van der Waals surface area contributed by atoms with E-state index in [1.54, 1.807) is 19.1 Å². The summed E-state index contributed by atoms with van der Waals surface area (Å²) in [5, 5.41) is 2.65. The highest BCUT2D eigenvalue weighted by Crippen LogP contribution is 2.28. The molecule has 2 rings (SSSR count). The van der Waals surface area contributed by atoms with Crippen LogP contribution < -0.4 is 14.8 Å². The number of rotatable bonds is 7. The Morgan fingerprint density at radius 2 is 1.76 bits per heavy atom. The van der Waals surface area contributed by atoms with Crippen LogP contribution in [0.2, 0.25) is 0 Å². The van der Waals surface area contributed by atoms with Crippen LogP contribution in [-0.2, 0) is 21.2 Å². The normalized spacial score (nSPS) is 11.0. The van der Waals surface area contributed by atoms with Gasteiger partial charge >= 0.3 is 0 Å². The van der Waals surface area contributed by atoms with E-state index in [1.165, 1.54) is 25.3 Å². The highest BCUT2D eigenvalue weighted by Gasteiger charge is 2.17. The third kappa shape index (κ3) is 4.73. The SMILES string of the molecule is CCC(=O)Nc1cc(S(=O)(=O)Nc2ccc(CC)cc2)ccc1OC. The molecule has 0 saturated heterocycles. The van der Waals surface area contributed by atoms with Gasteiger partial charge in [-0.3, -0.25) is 9.52 Å². The summed E-state index contributed by atoms with van der Waals surface area (Å²) < 4.78 is 32.9. The summed E-state index contributed by atoms with van der Waals surface area (Å²) in [6.07, 6.45) is 1.16. The predicted octanol–water partition coefficient (Wildman–Crippen LogP) is 3.41. The molecule has 0 spiro atoms.